The predicted molar refractivity (Wildman–Crippen MR) is 83.8 cm³/mol. The van der Waals surface area contributed by atoms with Crippen molar-refractivity contribution in [3.63, 3.8) is 0 Å². The van der Waals surface area contributed by atoms with Crippen LogP contribution in [-0.2, 0) is 0 Å². The smallest absolute Gasteiger partial charge is 0.266 e. The van der Waals surface area contributed by atoms with Crippen LogP contribution in [-0.4, -0.2) is 11.8 Å². The molecule has 100 valence electrons. The van der Waals surface area contributed by atoms with Gasteiger partial charge in [-0.25, -0.2) is 4.90 Å². The van der Waals surface area contributed by atoms with E-state index in [0.29, 0.717) is 27.0 Å². The number of benzene rings is 2. The Morgan fingerprint density at radius 2 is 1.60 bits per heavy atom. The van der Waals surface area contributed by atoms with Gasteiger partial charge < -0.3 is 5.73 Å². The minimum absolute atomic E-state index is 0.331. The van der Waals surface area contributed by atoms with Gasteiger partial charge in [0.15, 0.2) is 0 Å². The molecular formula is C14H8Br2N2O2. The van der Waals surface area contributed by atoms with Crippen LogP contribution >= 0.6 is 31.9 Å². The number of hydrogen-bond donors (Lipinski definition) is 1. The topological polar surface area (TPSA) is 63.4 Å². The molecule has 20 heavy (non-hydrogen) atoms. The molecule has 3 rings (SSSR count). The molecule has 0 radical (unpaired) electrons. The minimum atomic E-state index is -0.336. The zero-order chi connectivity index (χ0) is 14.4. The van der Waals surface area contributed by atoms with E-state index in [1.54, 1.807) is 36.4 Å². The monoisotopic (exact) mass is 394 g/mol. The SMILES string of the molecule is Nc1ccc(N2C(=O)c3ccc(Br)cc3C2=O)c(Br)c1. The van der Waals surface area contributed by atoms with E-state index in [-0.39, 0.29) is 11.8 Å². The first-order valence-corrected chi connectivity index (χ1v) is 7.31. The van der Waals surface area contributed by atoms with Crippen LogP contribution in [0.25, 0.3) is 0 Å². The van der Waals surface area contributed by atoms with Crippen molar-refractivity contribution in [3.8, 4) is 0 Å². The number of carbonyl (C=O) groups is 2. The first-order chi connectivity index (χ1) is 9.49. The van der Waals surface area contributed by atoms with Crippen LogP contribution in [0, 0.1) is 0 Å². The summed E-state index contributed by atoms with van der Waals surface area (Å²) in [6.45, 7) is 0. The summed E-state index contributed by atoms with van der Waals surface area (Å²) >= 11 is 6.64. The highest BCUT2D eigenvalue weighted by molar-refractivity contribution is 9.10. The maximum Gasteiger partial charge on any atom is 0.266 e. The van der Waals surface area contributed by atoms with Crippen LogP contribution in [0.5, 0.6) is 0 Å². The molecule has 4 nitrogen and oxygen atoms in total. The zero-order valence-electron chi connectivity index (χ0n) is 10.1. The number of nitrogens with two attached hydrogens (primary N) is 1. The molecule has 6 heteroatoms. The van der Waals surface area contributed by atoms with Crippen molar-refractivity contribution in [2.24, 2.45) is 0 Å². The molecule has 0 aromatic heterocycles. The Hall–Kier alpha value is -1.66. The van der Waals surface area contributed by atoms with Gasteiger partial charge in [-0.2, -0.15) is 0 Å². The standard InChI is InChI=1S/C14H8Br2N2O2/c15-7-1-3-9-10(5-7)14(20)18(13(9)19)12-4-2-8(17)6-11(12)16/h1-6H,17H2. The van der Waals surface area contributed by atoms with Crippen LogP contribution in [0.1, 0.15) is 20.7 Å². The molecular weight excluding hydrogens is 388 g/mol. The Morgan fingerprint density at radius 3 is 2.30 bits per heavy atom. The highest BCUT2D eigenvalue weighted by Gasteiger charge is 2.37. The number of fused-ring (bicyclic) bond motifs is 1. The number of carbonyl (C=O) groups excluding carboxylic acids is 2. The van der Waals surface area contributed by atoms with E-state index in [2.05, 4.69) is 31.9 Å². The Morgan fingerprint density at radius 1 is 0.900 bits per heavy atom. The molecule has 1 aliphatic heterocycles. The lowest BCUT2D eigenvalue weighted by Crippen LogP contribution is -2.29. The fourth-order valence-corrected chi connectivity index (χ4v) is 3.07. The second-order valence-electron chi connectivity index (χ2n) is 4.35. The summed E-state index contributed by atoms with van der Waals surface area (Å²) < 4.78 is 1.36. The van der Waals surface area contributed by atoms with E-state index < -0.39 is 0 Å². The summed E-state index contributed by atoms with van der Waals surface area (Å²) in [7, 11) is 0. The number of amides is 2. The van der Waals surface area contributed by atoms with Crippen molar-refractivity contribution in [3.05, 3.63) is 56.5 Å². The molecule has 0 unspecified atom stereocenters. The number of rotatable bonds is 1. The number of anilines is 2. The van der Waals surface area contributed by atoms with Gasteiger partial charge in [-0.15, -0.1) is 0 Å². The number of nitrogens with zero attached hydrogens (tertiary/aromatic N) is 1. The van der Waals surface area contributed by atoms with Gasteiger partial charge in [0.1, 0.15) is 0 Å². The predicted octanol–water partition coefficient (Wildman–Crippen LogP) is 3.59. The van der Waals surface area contributed by atoms with Crippen LogP contribution in [0.3, 0.4) is 0 Å². The van der Waals surface area contributed by atoms with Gasteiger partial charge in [-0.05, 0) is 52.3 Å². The summed E-state index contributed by atoms with van der Waals surface area (Å²) in [6.07, 6.45) is 0. The number of nitrogen functional groups attached to an aromatic ring is 1. The van der Waals surface area contributed by atoms with Crippen molar-refractivity contribution in [2.45, 2.75) is 0 Å². The van der Waals surface area contributed by atoms with Crippen molar-refractivity contribution in [2.75, 3.05) is 10.6 Å². The summed E-state index contributed by atoms with van der Waals surface area (Å²) in [4.78, 5) is 26.0. The lowest BCUT2D eigenvalue weighted by Gasteiger charge is -2.15. The highest BCUT2D eigenvalue weighted by atomic mass is 79.9. The fourth-order valence-electron chi connectivity index (χ4n) is 2.14. The van der Waals surface area contributed by atoms with Gasteiger partial charge in [0.2, 0.25) is 0 Å². The van der Waals surface area contributed by atoms with Crippen molar-refractivity contribution in [1.82, 2.24) is 0 Å². The highest BCUT2D eigenvalue weighted by Crippen LogP contribution is 2.35. The zero-order valence-corrected chi connectivity index (χ0v) is 13.2. The normalized spacial score (nSPS) is 13.8. The Balaban J connectivity index is 2.14. The molecule has 0 aliphatic carbocycles. The van der Waals surface area contributed by atoms with Crippen LogP contribution in [0.15, 0.2) is 45.3 Å². The Labute approximate surface area is 131 Å². The molecule has 0 bridgehead atoms. The number of imide groups is 1. The van der Waals surface area contributed by atoms with E-state index in [1.165, 1.54) is 0 Å². The van der Waals surface area contributed by atoms with Crippen LogP contribution in [0.2, 0.25) is 0 Å². The van der Waals surface area contributed by atoms with Gasteiger partial charge in [-0.3, -0.25) is 9.59 Å². The van der Waals surface area contributed by atoms with Gasteiger partial charge in [0.25, 0.3) is 11.8 Å². The summed E-state index contributed by atoms with van der Waals surface area (Å²) in [5, 5.41) is 0. The molecule has 0 atom stereocenters. The molecule has 0 fully saturated rings. The molecule has 1 heterocycles. The maximum atomic E-state index is 12.4. The molecule has 0 saturated carbocycles. The minimum Gasteiger partial charge on any atom is -0.399 e. The Bertz CT molecular complexity index is 759. The third-order valence-electron chi connectivity index (χ3n) is 3.06. The second kappa shape index (κ2) is 4.71. The summed E-state index contributed by atoms with van der Waals surface area (Å²) in [5.41, 5.74) is 7.52. The lowest BCUT2D eigenvalue weighted by molar-refractivity contribution is 0.0926. The summed E-state index contributed by atoms with van der Waals surface area (Å²) in [5.74, 6) is -0.667. The fraction of sp³-hybridized carbons (Fsp3) is 0. The van der Waals surface area contributed by atoms with Crippen LogP contribution < -0.4 is 10.6 Å². The lowest BCUT2D eigenvalue weighted by atomic mass is 10.1. The second-order valence-corrected chi connectivity index (χ2v) is 6.12. The molecule has 2 N–H and O–H groups in total. The van der Waals surface area contributed by atoms with Gasteiger partial charge in [0, 0.05) is 14.6 Å². The number of halogens is 2. The van der Waals surface area contributed by atoms with Crippen molar-refractivity contribution >= 4 is 55.0 Å². The first kappa shape index (κ1) is 13.3. The van der Waals surface area contributed by atoms with Gasteiger partial charge >= 0.3 is 0 Å². The molecule has 1 aliphatic rings. The molecule has 2 amide bonds. The third kappa shape index (κ3) is 1.96. The number of hydrogen-bond acceptors (Lipinski definition) is 3. The first-order valence-electron chi connectivity index (χ1n) is 5.72. The largest absolute Gasteiger partial charge is 0.399 e. The van der Waals surface area contributed by atoms with E-state index in [0.717, 1.165) is 9.37 Å². The van der Waals surface area contributed by atoms with E-state index in [1.807, 2.05) is 0 Å². The van der Waals surface area contributed by atoms with E-state index in [9.17, 15) is 9.59 Å². The summed E-state index contributed by atoms with van der Waals surface area (Å²) in [6, 6.07) is 10.0. The molecule has 0 spiro atoms. The van der Waals surface area contributed by atoms with E-state index in [4.69, 9.17) is 5.73 Å². The maximum absolute atomic E-state index is 12.4. The van der Waals surface area contributed by atoms with Crippen molar-refractivity contribution in [1.29, 1.82) is 0 Å². The molecule has 2 aromatic carbocycles. The molecule has 0 saturated heterocycles. The quantitative estimate of drug-likeness (QED) is 0.592. The average molecular weight is 396 g/mol. The van der Waals surface area contributed by atoms with Crippen molar-refractivity contribution < 1.29 is 9.59 Å². The average Bonchev–Trinajstić information content (AvgIpc) is 2.63. The van der Waals surface area contributed by atoms with E-state index >= 15 is 0 Å². The third-order valence-corrected chi connectivity index (χ3v) is 4.19. The Kier molecular flexibility index (Phi) is 3.14. The van der Waals surface area contributed by atoms with Gasteiger partial charge in [-0.1, -0.05) is 15.9 Å². The van der Waals surface area contributed by atoms with Crippen LogP contribution in [0.4, 0.5) is 11.4 Å². The van der Waals surface area contributed by atoms with Gasteiger partial charge in [0.05, 0.1) is 16.8 Å². The molecule has 2 aromatic rings.